The van der Waals surface area contributed by atoms with Crippen molar-refractivity contribution in [2.24, 2.45) is 0 Å². The summed E-state index contributed by atoms with van der Waals surface area (Å²) in [6.07, 6.45) is 0.828. The number of carbonyl (C=O) groups is 1. The van der Waals surface area contributed by atoms with Gasteiger partial charge in [-0.1, -0.05) is 0 Å². The van der Waals surface area contributed by atoms with Crippen LogP contribution >= 0.6 is 15.9 Å². The van der Waals surface area contributed by atoms with Gasteiger partial charge >= 0.3 is 0 Å². The molecule has 0 unspecified atom stereocenters. The summed E-state index contributed by atoms with van der Waals surface area (Å²) in [5.41, 5.74) is 3.64. The van der Waals surface area contributed by atoms with E-state index in [0.29, 0.717) is 5.56 Å². The Morgan fingerprint density at radius 1 is 1.31 bits per heavy atom. The molecular formula is C12H11BrN2O. The standard InChI is InChI=1S/C12H11BrN2O/c1-8-5-9(2)15(14-8)11-4-3-10(7-16)12(13)6-11/h3-7H,1-2H3. The maximum Gasteiger partial charge on any atom is 0.151 e. The van der Waals surface area contributed by atoms with E-state index in [-0.39, 0.29) is 0 Å². The van der Waals surface area contributed by atoms with Gasteiger partial charge < -0.3 is 0 Å². The number of benzene rings is 1. The van der Waals surface area contributed by atoms with Gasteiger partial charge in [-0.25, -0.2) is 4.68 Å². The zero-order chi connectivity index (χ0) is 11.7. The highest BCUT2D eigenvalue weighted by molar-refractivity contribution is 9.10. The molecule has 0 saturated carbocycles. The third kappa shape index (κ3) is 1.93. The van der Waals surface area contributed by atoms with Gasteiger partial charge in [-0.05, 0) is 54.0 Å². The minimum Gasteiger partial charge on any atom is -0.298 e. The molecule has 0 saturated heterocycles. The third-order valence-electron chi connectivity index (χ3n) is 2.37. The minimum atomic E-state index is 0.644. The van der Waals surface area contributed by atoms with Crippen molar-refractivity contribution in [3.05, 3.63) is 45.7 Å². The molecule has 82 valence electrons. The van der Waals surface area contributed by atoms with Crippen LogP contribution in [0.2, 0.25) is 0 Å². The van der Waals surface area contributed by atoms with E-state index < -0.39 is 0 Å². The van der Waals surface area contributed by atoms with Crippen molar-refractivity contribution >= 4 is 22.2 Å². The molecule has 1 aromatic carbocycles. The fraction of sp³-hybridized carbons (Fsp3) is 0.167. The van der Waals surface area contributed by atoms with E-state index >= 15 is 0 Å². The van der Waals surface area contributed by atoms with Gasteiger partial charge in [0, 0.05) is 15.7 Å². The smallest absolute Gasteiger partial charge is 0.151 e. The van der Waals surface area contributed by atoms with Crippen LogP contribution in [-0.2, 0) is 0 Å². The first-order chi connectivity index (χ1) is 7.61. The van der Waals surface area contributed by atoms with Gasteiger partial charge in [0.15, 0.2) is 6.29 Å². The number of rotatable bonds is 2. The van der Waals surface area contributed by atoms with E-state index in [4.69, 9.17) is 0 Å². The Morgan fingerprint density at radius 3 is 2.56 bits per heavy atom. The van der Waals surface area contributed by atoms with E-state index in [1.54, 1.807) is 6.07 Å². The monoisotopic (exact) mass is 278 g/mol. The molecule has 0 aliphatic rings. The quantitative estimate of drug-likeness (QED) is 0.792. The van der Waals surface area contributed by atoms with Gasteiger partial charge in [-0.15, -0.1) is 0 Å². The highest BCUT2D eigenvalue weighted by Gasteiger charge is 2.06. The molecule has 0 radical (unpaired) electrons. The molecule has 1 heterocycles. The first-order valence-electron chi connectivity index (χ1n) is 4.90. The highest BCUT2D eigenvalue weighted by Crippen LogP contribution is 2.20. The van der Waals surface area contributed by atoms with Crippen LogP contribution in [0.5, 0.6) is 0 Å². The molecule has 1 aromatic heterocycles. The fourth-order valence-electron chi connectivity index (χ4n) is 1.63. The molecule has 4 heteroatoms. The first kappa shape index (κ1) is 11.1. The number of hydrogen-bond acceptors (Lipinski definition) is 2. The largest absolute Gasteiger partial charge is 0.298 e. The van der Waals surface area contributed by atoms with Crippen molar-refractivity contribution in [3.63, 3.8) is 0 Å². The Labute approximate surface area is 102 Å². The summed E-state index contributed by atoms with van der Waals surface area (Å²) < 4.78 is 2.64. The van der Waals surface area contributed by atoms with Crippen molar-refractivity contribution in [2.45, 2.75) is 13.8 Å². The van der Waals surface area contributed by atoms with E-state index in [1.165, 1.54) is 0 Å². The van der Waals surface area contributed by atoms with Crippen LogP contribution in [0.15, 0.2) is 28.7 Å². The van der Waals surface area contributed by atoms with E-state index in [2.05, 4.69) is 21.0 Å². The Balaban J connectivity index is 2.53. The number of carbonyl (C=O) groups excluding carboxylic acids is 1. The predicted octanol–water partition coefficient (Wildman–Crippen LogP) is 3.06. The maximum atomic E-state index is 10.7. The molecule has 0 N–H and O–H groups in total. The Bertz CT molecular complexity index is 546. The van der Waals surface area contributed by atoms with Gasteiger partial charge in [0.2, 0.25) is 0 Å². The van der Waals surface area contributed by atoms with Crippen LogP contribution < -0.4 is 0 Å². The number of halogens is 1. The van der Waals surface area contributed by atoms with Crippen molar-refractivity contribution < 1.29 is 4.79 Å². The SMILES string of the molecule is Cc1cc(C)n(-c2ccc(C=O)c(Br)c2)n1. The van der Waals surface area contributed by atoms with E-state index in [9.17, 15) is 4.79 Å². The lowest BCUT2D eigenvalue weighted by molar-refractivity contribution is 0.112. The van der Waals surface area contributed by atoms with Crippen molar-refractivity contribution in [1.29, 1.82) is 0 Å². The Kier molecular flexibility index (Phi) is 2.92. The molecule has 0 aliphatic carbocycles. The average molecular weight is 279 g/mol. The van der Waals surface area contributed by atoms with Crippen LogP contribution in [0, 0.1) is 13.8 Å². The van der Waals surface area contributed by atoms with Gasteiger partial charge in [-0.3, -0.25) is 4.79 Å². The fourth-order valence-corrected chi connectivity index (χ4v) is 2.09. The molecule has 16 heavy (non-hydrogen) atoms. The third-order valence-corrected chi connectivity index (χ3v) is 3.05. The van der Waals surface area contributed by atoms with Gasteiger partial charge in [0.05, 0.1) is 11.4 Å². The van der Waals surface area contributed by atoms with Crippen LogP contribution in [0.3, 0.4) is 0 Å². The maximum absolute atomic E-state index is 10.7. The molecular weight excluding hydrogens is 268 g/mol. The van der Waals surface area contributed by atoms with Crippen LogP contribution in [0.25, 0.3) is 5.69 Å². The zero-order valence-electron chi connectivity index (χ0n) is 9.07. The van der Waals surface area contributed by atoms with E-state index in [1.807, 2.05) is 36.7 Å². The van der Waals surface area contributed by atoms with Crippen LogP contribution in [0.4, 0.5) is 0 Å². The minimum absolute atomic E-state index is 0.644. The lowest BCUT2D eigenvalue weighted by atomic mass is 10.2. The Morgan fingerprint density at radius 2 is 2.06 bits per heavy atom. The molecule has 2 aromatic rings. The molecule has 0 bridgehead atoms. The summed E-state index contributed by atoms with van der Waals surface area (Å²) in [4.78, 5) is 10.7. The van der Waals surface area contributed by atoms with Gasteiger partial charge in [0.1, 0.15) is 0 Å². The summed E-state index contributed by atoms with van der Waals surface area (Å²) in [5, 5.41) is 4.38. The van der Waals surface area contributed by atoms with Gasteiger partial charge in [-0.2, -0.15) is 5.10 Å². The number of aryl methyl sites for hydroxylation is 2. The predicted molar refractivity (Wildman–Crippen MR) is 66.1 cm³/mol. The van der Waals surface area contributed by atoms with Crippen molar-refractivity contribution in [1.82, 2.24) is 9.78 Å². The second-order valence-electron chi connectivity index (χ2n) is 3.66. The zero-order valence-corrected chi connectivity index (χ0v) is 10.7. The molecule has 3 nitrogen and oxygen atoms in total. The van der Waals surface area contributed by atoms with Gasteiger partial charge in [0.25, 0.3) is 0 Å². The summed E-state index contributed by atoms with van der Waals surface area (Å²) >= 11 is 3.36. The summed E-state index contributed by atoms with van der Waals surface area (Å²) in [6, 6.07) is 7.57. The van der Waals surface area contributed by atoms with E-state index in [0.717, 1.165) is 27.8 Å². The second kappa shape index (κ2) is 4.22. The lowest BCUT2D eigenvalue weighted by Gasteiger charge is -2.05. The topological polar surface area (TPSA) is 34.9 Å². The lowest BCUT2D eigenvalue weighted by Crippen LogP contribution is -1.99. The van der Waals surface area contributed by atoms with Crippen molar-refractivity contribution in [2.75, 3.05) is 0 Å². The second-order valence-corrected chi connectivity index (χ2v) is 4.52. The van der Waals surface area contributed by atoms with Crippen molar-refractivity contribution in [3.8, 4) is 5.69 Å². The summed E-state index contributed by atoms with van der Waals surface area (Å²) in [5.74, 6) is 0. The molecule has 0 spiro atoms. The average Bonchev–Trinajstić information content (AvgIpc) is 2.58. The number of aldehydes is 1. The molecule has 0 fully saturated rings. The first-order valence-corrected chi connectivity index (χ1v) is 5.69. The molecule has 0 atom stereocenters. The summed E-state index contributed by atoms with van der Waals surface area (Å²) in [6.45, 7) is 3.96. The van der Waals surface area contributed by atoms with Crippen LogP contribution in [0.1, 0.15) is 21.7 Å². The molecule has 0 aliphatic heterocycles. The number of hydrogen-bond donors (Lipinski definition) is 0. The normalized spacial score (nSPS) is 10.4. The number of aromatic nitrogens is 2. The molecule has 0 amide bonds. The number of nitrogens with zero attached hydrogens (tertiary/aromatic N) is 2. The van der Waals surface area contributed by atoms with Crippen LogP contribution in [-0.4, -0.2) is 16.1 Å². The summed E-state index contributed by atoms with van der Waals surface area (Å²) in [7, 11) is 0. The Hall–Kier alpha value is -1.42. The highest BCUT2D eigenvalue weighted by atomic mass is 79.9. The molecule has 2 rings (SSSR count).